The zero-order valence-electron chi connectivity index (χ0n) is 10.9. The molecule has 4 nitrogen and oxygen atoms in total. The van der Waals surface area contributed by atoms with Crippen LogP contribution < -0.4 is 0 Å². The monoisotopic (exact) mass is 250 g/mol. The summed E-state index contributed by atoms with van der Waals surface area (Å²) in [5.74, 6) is 0.678. The van der Waals surface area contributed by atoms with Crippen LogP contribution in [0.3, 0.4) is 0 Å². The van der Waals surface area contributed by atoms with E-state index >= 15 is 0 Å². The van der Waals surface area contributed by atoms with Gasteiger partial charge in [-0.05, 0) is 19.4 Å². The molecule has 0 spiro atoms. The van der Waals surface area contributed by atoms with Gasteiger partial charge in [0, 0.05) is 17.9 Å². The summed E-state index contributed by atoms with van der Waals surface area (Å²) in [6.45, 7) is 6.74. The summed E-state index contributed by atoms with van der Waals surface area (Å²) < 4.78 is 16.5. The van der Waals surface area contributed by atoms with Crippen LogP contribution in [0.5, 0.6) is 0 Å². The van der Waals surface area contributed by atoms with Gasteiger partial charge in [0.25, 0.3) is 0 Å². The van der Waals surface area contributed by atoms with Crippen molar-refractivity contribution >= 4 is 5.97 Å². The Balaban J connectivity index is 1.74. The van der Waals surface area contributed by atoms with Gasteiger partial charge in [-0.1, -0.05) is 13.8 Å². The normalized spacial score (nSPS) is 32.7. The molecule has 0 bridgehead atoms. The molecule has 3 unspecified atom stereocenters. The predicted octanol–water partition coefficient (Wildman–Crippen LogP) is 2.56. The molecule has 0 amide bonds. The first-order chi connectivity index (χ1) is 8.51. The summed E-state index contributed by atoms with van der Waals surface area (Å²) in [6, 6.07) is 1.66. The van der Waals surface area contributed by atoms with Crippen LogP contribution in [0.25, 0.3) is 0 Å². The van der Waals surface area contributed by atoms with E-state index in [-0.39, 0.29) is 23.6 Å². The Labute approximate surface area is 106 Å². The van der Waals surface area contributed by atoms with Crippen molar-refractivity contribution in [1.82, 2.24) is 0 Å². The largest absolute Gasteiger partial charge is 0.469 e. The van der Waals surface area contributed by atoms with Crippen molar-refractivity contribution in [1.29, 1.82) is 0 Å². The maximum absolute atomic E-state index is 12.1. The summed E-state index contributed by atoms with van der Waals surface area (Å²) in [6.07, 6.45) is 2.68. The quantitative estimate of drug-likeness (QED) is 0.757. The molecular formula is C14H18O4. The van der Waals surface area contributed by atoms with Crippen LogP contribution >= 0.6 is 0 Å². The van der Waals surface area contributed by atoms with Gasteiger partial charge in [0.05, 0.1) is 12.4 Å². The fraction of sp³-hybridized carbons (Fsp3) is 0.643. The lowest BCUT2D eigenvalue weighted by Gasteiger charge is -2.53. The lowest BCUT2D eigenvalue weighted by Crippen LogP contribution is -2.61. The number of carbonyl (C=O) groups is 1. The Morgan fingerprint density at radius 2 is 2.28 bits per heavy atom. The zero-order chi connectivity index (χ0) is 12.9. The molecule has 2 aliphatic rings. The molecular weight excluding hydrogens is 232 g/mol. The molecule has 0 aromatic carbocycles. The van der Waals surface area contributed by atoms with Gasteiger partial charge in [-0.15, -0.1) is 0 Å². The highest BCUT2D eigenvalue weighted by atomic mass is 16.6. The van der Waals surface area contributed by atoms with Crippen molar-refractivity contribution in [2.24, 2.45) is 11.3 Å². The van der Waals surface area contributed by atoms with Crippen LogP contribution in [0.15, 0.2) is 16.7 Å². The highest BCUT2D eigenvalue weighted by Gasteiger charge is 2.61. The minimum absolute atomic E-state index is 0.0493. The van der Waals surface area contributed by atoms with Crippen molar-refractivity contribution in [3.63, 3.8) is 0 Å². The summed E-state index contributed by atoms with van der Waals surface area (Å²) >= 11 is 0. The van der Waals surface area contributed by atoms with E-state index in [1.54, 1.807) is 13.0 Å². The standard InChI is InChI=1S/C14H18O4/c1-8-9(4-6-16-8)13(15)18-12-10-5-7-17-11(10)14(12,2)3/h4,6,10-12H,5,7H2,1-3H3. The number of hydrogen-bond acceptors (Lipinski definition) is 4. The third kappa shape index (κ3) is 1.52. The first kappa shape index (κ1) is 11.8. The smallest absolute Gasteiger partial charge is 0.341 e. The maximum atomic E-state index is 12.1. The predicted molar refractivity (Wildman–Crippen MR) is 64.3 cm³/mol. The van der Waals surface area contributed by atoms with Crippen molar-refractivity contribution in [2.75, 3.05) is 6.61 Å². The molecule has 2 heterocycles. The number of hydrogen-bond donors (Lipinski definition) is 0. The van der Waals surface area contributed by atoms with E-state index in [4.69, 9.17) is 13.9 Å². The first-order valence-electron chi connectivity index (χ1n) is 6.38. The maximum Gasteiger partial charge on any atom is 0.341 e. The Hall–Kier alpha value is -1.29. The average Bonchev–Trinajstić information content (AvgIpc) is 2.92. The zero-order valence-corrected chi connectivity index (χ0v) is 10.9. The van der Waals surface area contributed by atoms with Crippen LogP contribution in [-0.4, -0.2) is 24.8 Å². The van der Waals surface area contributed by atoms with E-state index in [9.17, 15) is 4.79 Å². The van der Waals surface area contributed by atoms with E-state index in [0.29, 0.717) is 17.2 Å². The lowest BCUT2D eigenvalue weighted by atomic mass is 9.59. The molecule has 3 rings (SSSR count). The molecule has 3 atom stereocenters. The van der Waals surface area contributed by atoms with Gasteiger partial charge in [-0.3, -0.25) is 0 Å². The van der Waals surface area contributed by atoms with E-state index in [1.165, 1.54) is 6.26 Å². The molecule has 1 saturated carbocycles. The highest BCUT2D eigenvalue weighted by Crippen LogP contribution is 2.53. The minimum Gasteiger partial charge on any atom is -0.469 e. The topological polar surface area (TPSA) is 48.7 Å². The molecule has 98 valence electrons. The summed E-state index contributed by atoms with van der Waals surface area (Å²) in [4.78, 5) is 12.1. The summed E-state index contributed by atoms with van der Waals surface area (Å²) in [5.41, 5.74) is 0.433. The SMILES string of the molecule is Cc1occc1C(=O)OC1C2CCOC2C1(C)C. The second-order valence-electron chi connectivity index (χ2n) is 5.78. The number of esters is 1. The summed E-state index contributed by atoms with van der Waals surface area (Å²) in [7, 11) is 0. The van der Waals surface area contributed by atoms with Gasteiger partial charge >= 0.3 is 5.97 Å². The number of carbonyl (C=O) groups excluding carboxylic acids is 1. The van der Waals surface area contributed by atoms with Crippen LogP contribution in [0.4, 0.5) is 0 Å². The average molecular weight is 250 g/mol. The third-order valence-electron chi connectivity index (χ3n) is 4.31. The van der Waals surface area contributed by atoms with E-state index in [0.717, 1.165) is 13.0 Å². The Morgan fingerprint density at radius 3 is 2.94 bits per heavy atom. The van der Waals surface area contributed by atoms with E-state index < -0.39 is 0 Å². The van der Waals surface area contributed by atoms with Crippen LogP contribution in [0.2, 0.25) is 0 Å². The van der Waals surface area contributed by atoms with E-state index in [2.05, 4.69) is 13.8 Å². The Bertz CT molecular complexity index is 474. The van der Waals surface area contributed by atoms with Gasteiger partial charge < -0.3 is 13.9 Å². The second kappa shape index (κ2) is 3.85. The molecule has 18 heavy (non-hydrogen) atoms. The highest BCUT2D eigenvalue weighted by molar-refractivity contribution is 5.90. The Kier molecular flexibility index (Phi) is 2.52. The van der Waals surface area contributed by atoms with Gasteiger partial charge in [0.1, 0.15) is 17.4 Å². The third-order valence-corrected chi connectivity index (χ3v) is 4.31. The number of ether oxygens (including phenoxy) is 2. The molecule has 1 aliphatic heterocycles. The van der Waals surface area contributed by atoms with Crippen LogP contribution in [-0.2, 0) is 9.47 Å². The molecule has 0 radical (unpaired) electrons. The molecule has 1 aromatic rings. The van der Waals surface area contributed by atoms with Crippen LogP contribution in [0.1, 0.15) is 36.4 Å². The minimum atomic E-state index is -0.287. The second-order valence-corrected chi connectivity index (χ2v) is 5.78. The number of fused-ring (bicyclic) bond motifs is 1. The fourth-order valence-electron chi connectivity index (χ4n) is 3.29. The van der Waals surface area contributed by atoms with Crippen molar-refractivity contribution in [3.05, 3.63) is 23.7 Å². The molecule has 4 heteroatoms. The van der Waals surface area contributed by atoms with Gasteiger partial charge in [-0.2, -0.15) is 0 Å². The van der Waals surface area contributed by atoms with Gasteiger partial charge in [-0.25, -0.2) is 4.79 Å². The van der Waals surface area contributed by atoms with Gasteiger partial charge in [0.2, 0.25) is 0 Å². The lowest BCUT2D eigenvalue weighted by molar-refractivity contribution is -0.183. The Morgan fingerprint density at radius 1 is 1.50 bits per heavy atom. The molecule has 1 saturated heterocycles. The molecule has 2 fully saturated rings. The van der Waals surface area contributed by atoms with E-state index in [1.807, 2.05) is 0 Å². The molecule has 0 N–H and O–H groups in total. The van der Waals surface area contributed by atoms with Crippen molar-refractivity contribution in [2.45, 2.75) is 39.4 Å². The van der Waals surface area contributed by atoms with Crippen molar-refractivity contribution in [3.8, 4) is 0 Å². The fourth-order valence-corrected chi connectivity index (χ4v) is 3.29. The number of aryl methyl sites for hydroxylation is 1. The van der Waals surface area contributed by atoms with Gasteiger partial charge in [0.15, 0.2) is 0 Å². The summed E-state index contributed by atoms with van der Waals surface area (Å²) in [5, 5.41) is 0. The van der Waals surface area contributed by atoms with Crippen molar-refractivity contribution < 1.29 is 18.7 Å². The first-order valence-corrected chi connectivity index (χ1v) is 6.38. The number of rotatable bonds is 2. The van der Waals surface area contributed by atoms with Crippen LogP contribution in [0, 0.1) is 18.3 Å². The molecule has 1 aliphatic carbocycles. The number of furan rings is 1. The molecule has 1 aromatic heterocycles.